The number of nitrogens with zero attached hydrogens (tertiary/aromatic N) is 2. The maximum atomic E-state index is 12.6. The van der Waals surface area contributed by atoms with E-state index in [1.807, 2.05) is 60.7 Å². The van der Waals surface area contributed by atoms with Crippen molar-refractivity contribution in [1.29, 1.82) is 0 Å². The van der Waals surface area contributed by atoms with Gasteiger partial charge in [-0.05, 0) is 31.2 Å². The van der Waals surface area contributed by atoms with Crippen molar-refractivity contribution in [3.8, 4) is 0 Å². The molecule has 2 aromatic rings. The lowest BCUT2D eigenvalue weighted by Crippen LogP contribution is -2.41. The SMILES string of the molecule is C[C@@H](O)[C@H]1N=C(Nc2ccccc2)N(c2ccccc2)C1=O. The zero-order valence-corrected chi connectivity index (χ0v) is 12.2. The van der Waals surface area contributed by atoms with Crippen molar-refractivity contribution in [2.24, 2.45) is 4.99 Å². The van der Waals surface area contributed by atoms with E-state index >= 15 is 0 Å². The number of hydrogen-bond donors (Lipinski definition) is 2. The number of aliphatic hydroxyl groups excluding tert-OH is 1. The van der Waals surface area contributed by atoms with Gasteiger partial charge in [-0.25, -0.2) is 9.89 Å². The van der Waals surface area contributed by atoms with Crippen molar-refractivity contribution < 1.29 is 9.90 Å². The van der Waals surface area contributed by atoms with E-state index in [-0.39, 0.29) is 5.91 Å². The number of aliphatic hydroxyl groups is 1. The van der Waals surface area contributed by atoms with Gasteiger partial charge in [0, 0.05) is 5.69 Å². The number of amides is 1. The highest BCUT2D eigenvalue weighted by molar-refractivity contribution is 6.26. The Morgan fingerprint density at radius 1 is 1.09 bits per heavy atom. The van der Waals surface area contributed by atoms with Crippen molar-refractivity contribution in [2.75, 3.05) is 10.2 Å². The Balaban J connectivity index is 1.95. The average molecular weight is 295 g/mol. The first-order valence-electron chi connectivity index (χ1n) is 7.14. The third kappa shape index (κ3) is 2.71. The van der Waals surface area contributed by atoms with E-state index in [2.05, 4.69) is 10.3 Å². The Hall–Kier alpha value is -2.66. The molecular formula is C17H17N3O2. The molecule has 0 radical (unpaired) electrons. The summed E-state index contributed by atoms with van der Waals surface area (Å²) in [5.41, 5.74) is 1.55. The number of aliphatic imine (C=N–C) groups is 1. The summed E-state index contributed by atoms with van der Waals surface area (Å²) in [4.78, 5) is 18.4. The third-order valence-corrected chi connectivity index (χ3v) is 3.45. The number of rotatable bonds is 3. The van der Waals surface area contributed by atoms with Crippen LogP contribution in [0.1, 0.15) is 6.92 Å². The van der Waals surface area contributed by atoms with Crippen molar-refractivity contribution >= 4 is 23.2 Å². The van der Waals surface area contributed by atoms with Crippen LogP contribution in [-0.2, 0) is 4.79 Å². The molecule has 2 aromatic carbocycles. The summed E-state index contributed by atoms with van der Waals surface area (Å²) < 4.78 is 0. The minimum absolute atomic E-state index is 0.236. The van der Waals surface area contributed by atoms with Crippen LogP contribution < -0.4 is 10.2 Å². The summed E-state index contributed by atoms with van der Waals surface area (Å²) in [6.07, 6.45) is -0.839. The maximum absolute atomic E-state index is 12.6. The van der Waals surface area contributed by atoms with Crippen LogP contribution in [0.3, 0.4) is 0 Å². The molecule has 0 spiro atoms. The van der Waals surface area contributed by atoms with Crippen LogP contribution in [0.25, 0.3) is 0 Å². The molecule has 22 heavy (non-hydrogen) atoms. The first-order valence-corrected chi connectivity index (χ1v) is 7.14. The molecule has 0 aromatic heterocycles. The molecule has 1 aliphatic rings. The fourth-order valence-electron chi connectivity index (χ4n) is 2.36. The van der Waals surface area contributed by atoms with E-state index in [1.165, 1.54) is 4.90 Å². The maximum Gasteiger partial charge on any atom is 0.261 e. The van der Waals surface area contributed by atoms with Gasteiger partial charge in [0.1, 0.15) is 0 Å². The minimum atomic E-state index is -0.839. The van der Waals surface area contributed by atoms with Gasteiger partial charge in [0.2, 0.25) is 5.96 Å². The van der Waals surface area contributed by atoms with Crippen LogP contribution >= 0.6 is 0 Å². The highest BCUT2D eigenvalue weighted by Crippen LogP contribution is 2.23. The van der Waals surface area contributed by atoms with Gasteiger partial charge in [-0.1, -0.05) is 36.4 Å². The topological polar surface area (TPSA) is 64.9 Å². The van der Waals surface area contributed by atoms with Crippen molar-refractivity contribution in [3.05, 3.63) is 60.7 Å². The first kappa shape index (κ1) is 14.3. The highest BCUT2D eigenvalue weighted by Gasteiger charge is 2.38. The Kier molecular flexibility index (Phi) is 3.89. The van der Waals surface area contributed by atoms with E-state index in [9.17, 15) is 9.90 Å². The third-order valence-electron chi connectivity index (χ3n) is 3.45. The molecule has 1 heterocycles. The molecule has 1 amide bonds. The summed E-state index contributed by atoms with van der Waals surface area (Å²) in [6.45, 7) is 1.57. The summed E-state index contributed by atoms with van der Waals surface area (Å²) in [7, 11) is 0. The lowest BCUT2D eigenvalue weighted by molar-refractivity contribution is -0.120. The zero-order valence-electron chi connectivity index (χ0n) is 12.2. The van der Waals surface area contributed by atoms with Crippen LogP contribution in [0.4, 0.5) is 11.4 Å². The molecule has 2 atom stereocenters. The predicted molar refractivity (Wildman–Crippen MR) is 86.9 cm³/mol. The van der Waals surface area contributed by atoms with E-state index in [4.69, 9.17) is 0 Å². The summed E-state index contributed by atoms with van der Waals surface area (Å²) in [5.74, 6) is 0.188. The van der Waals surface area contributed by atoms with Gasteiger partial charge in [0.15, 0.2) is 6.04 Å². The molecule has 3 rings (SSSR count). The average Bonchev–Trinajstić information content (AvgIpc) is 2.86. The second-order valence-electron chi connectivity index (χ2n) is 5.14. The molecule has 0 bridgehead atoms. The molecule has 2 N–H and O–H groups in total. The van der Waals surface area contributed by atoms with Crippen molar-refractivity contribution in [1.82, 2.24) is 0 Å². The molecule has 5 nitrogen and oxygen atoms in total. The van der Waals surface area contributed by atoms with Gasteiger partial charge in [0.05, 0.1) is 11.8 Å². The minimum Gasteiger partial charge on any atom is -0.391 e. The number of benzene rings is 2. The van der Waals surface area contributed by atoms with E-state index in [0.717, 1.165) is 11.4 Å². The molecule has 0 fully saturated rings. The second kappa shape index (κ2) is 5.99. The number of anilines is 2. The number of carbonyl (C=O) groups excluding carboxylic acids is 1. The van der Waals surface area contributed by atoms with Crippen LogP contribution in [0.2, 0.25) is 0 Å². The highest BCUT2D eigenvalue weighted by atomic mass is 16.3. The monoisotopic (exact) mass is 295 g/mol. The van der Waals surface area contributed by atoms with Gasteiger partial charge in [-0.15, -0.1) is 0 Å². The summed E-state index contributed by atoms with van der Waals surface area (Å²) >= 11 is 0. The molecule has 112 valence electrons. The summed E-state index contributed by atoms with van der Waals surface area (Å²) in [5, 5.41) is 12.9. The number of para-hydroxylation sites is 2. The fourth-order valence-corrected chi connectivity index (χ4v) is 2.36. The van der Waals surface area contributed by atoms with Gasteiger partial charge >= 0.3 is 0 Å². The van der Waals surface area contributed by atoms with Gasteiger partial charge in [-0.2, -0.15) is 0 Å². The molecule has 0 saturated heterocycles. The van der Waals surface area contributed by atoms with Gasteiger partial charge in [-0.3, -0.25) is 4.79 Å². The number of nitrogens with one attached hydrogen (secondary N) is 1. The zero-order chi connectivity index (χ0) is 15.5. The normalized spacial score (nSPS) is 19.0. The fraction of sp³-hybridized carbons (Fsp3) is 0.176. The van der Waals surface area contributed by atoms with Crippen LogP contribution in [0, 0.1) is 0 Å². The van der Waals surface area contributed by atoms with Crippen molar-refractivity contribution in [2.45, 2.75) is 19.1 Å². The second-order valence-corrected chi connectivity index (χ2v) is 5.14. The standard InChI is InChI=1S/C17H17N3O2/c1-12(21)15-16(22)20(14-10-6-3-7-11-14)17(19-15)18-13-8-4-2-5-9-13/h2-12,15,21H,1H3,(H,18,19)/t12-,15-/m1/s1. The number of carbonyl (C=O) groups is 1. The van der Waals surface area contributed by atoms with Gasteiger partial charge in [0.25, 0.3) is 5.91 Å². The van der Waals surface area contributed by atoms with Gasteiger partial charge < -0.3 is 10.4 Å². The Morgan fingerprint density at radius 3 is 2.27 bits per heavy atom. The molecular weight excluding hydrogens is 278 g/mol. The van der Waals surface area contributed by atoms with Crippen LogP contribution in [0.15, 0.2) is 65.7 Å². The Labute approximate surface area is 128 Å². The quantitative estimate of drug-likeness (QED) is 0.913. The first-order chi connectivity index (χ1) is 10.7. The Bertz CT molecular complexity index is 684. The molecule has 1 aliphatic heterocycles. The lowest BCUT2D eigenvalue weighted by Gasteiger charge is -2.20. The van der Waals surface area contributed by atoms with E-state index in [1.54, 1.807) is 6.92 Å². The van der Waals surface area contributed by atoms with E-state index in [0.29, 0.717) is 5.96 Å². The molecule has 0 saturated carbocycles. The number of hydrogen-bond acceptors (Lipinski definition) is 4. The van der Waals surface area contributed by atoms with Crippen LogP contribution in [-0.4, -0.2) is 29.1 Å². The van der Waals surface area contributed by atoms with Crippen LogP contribution in [0.5, 0.6) is 0 Å². The Morgan fingerprint density at radius 2 is 1.68 bits per heavy atom. The predicted octanol–water partition coefficient (Wildman–Crippen LogP) is 2.25. The largest absolute Gasteiger partial charge is 0.391 e. The molecule has 0 unspecified atom stereocenters. The number of guanidine groups is 1. The smallest absolute Gasteiger partial charge is 0.261 e. The van der Waals surface area contributed by atoms with Crippen molar-refractivity contribution in [3.63, 3.8) is 0 Å². The van der Waals surface area contributed by atoms with E-state index < -0.39 is 12.1 Å². The molecule has 0 aliphatic carbocycles. The lowest BCUT2D eigenvalue weighted by atomic mass is 10.2. The molecule has 5 heteroatoms. The summed E-state index contributed by atoms with van der Waals surface area (Å²) in [6, 6.07) is 18.0.